The second-order valence-electron chi connectivity index (χ2n) is 3.50. The van der Waals surface area contributed by atoms with Crippen molar-refractivity contribution in [2.45, 2.75) is 32.5 Å². The minimum atomic E-state index is 0.228. The third-order valence-corrected chi connectivity index (χ3v) is 2.47. The van der Waals surface area contributed by atoms with Crippen LogP contribution in [-0.4, -0.2) is 7.85 Å². The summed E-state index contributed by atoms with van der Waals surface area (Å²) in [4.78, 5) is 0. The van der Waals surface area contributed by atoms with Gasteiger partial charge in [0.2, 0.25) is 0 Å². The van der Waals surface area contributed by atoms with Crippen LogP contribution in [0.3, 0.4) is 0 Å². The smallest absolute Gasteiger partial charge is 0.0703 e. The Kier molecular flexibility index (Phi) is 2.96. The standard InChI is InChI=1S/C11H15B/c1-8-6-4-5-7-11(8)9(2)10(3)12/h4-7,9-10H,1-3H3. The van der Waals surface area contributed by atoms with Crippen molar-refractivity contribution in [2.75, 3.05) is 0 Å². The van der Waals surface area contributed by atoms with Gasteiger partial charge >= 0.3 is 0 Å². The number of benzene rings is 1. The highest BCUT2D eigenvalue weighted by molar-refractivity contribution is 6.11. The molecule has 0 aliphatic heterocycles. The van der Waals surface area contributed by atoms with Gasteiger partial charge in [0, 0.05) is 0 Å². The molecule has 0 saturated heterocycles. The predicted octanol–water partition coefficient (Wildman–Crippen LogP) is 3.08. The zero-order valence-corrected chi connectivity index (χ0v) is 8.04. The summed E-state index contributed by atoms with van der Waals surface area (Å²) in [5.74, 6) is 0.678. The lowest BCUT2D eigenvalue weighted by atomic mass is 9.75. The first kappa shape index (κ1) is 9.37. The molecule has 0 nitrogen and oxygen atoms in total. The molecule has 0 heterocycles. The van der Waals surface area contributed by atoms with Gasteiger partial charge in [0.15, 0.2) is 0 Å². The fourth-order valence-corrected chi connectivity index (χ4v) is 1.38. The number of hydrogen-bond acceptors (Lipinski definition) is 0. The molecule has 0 N–H and O–H groups in total. The van der Waals surface area contributed by atoms with Crippen molar-refractivity contribution in [3.8, 4) is 0 Å². The van der Waals surface area contributed by atoms with Gasteiger partial charge in [0.25, 0.3) is 0 Å². The summed E-state index contributed by atoms with van der Waals surface area (Å²) in [6.07, 6.45) is 0. The van der Waals surface area contributed by atoms with Gasteiger partial charge in [-0.15, -0.1) is 0 Å². The summed E-state index contributed by atoms with van der Waals surface area (Å²) < 4.78 is 0. The maximum absolute atomic E-state index is 5.84. The average Bonchev–Trinajstić information content (AvgIpc) is 2.04. The fraction of sp³-hybridized carbons (Fsp3) is 0.455. The van der Waals surface area contributed by atoms with Gasteiger partial charge in [0.1, 0.15) is 0 Å². The summed E-state index contributed by atoms with van der Waals surface area (Å²) in [7, 11) is 5.84. The van der Waals surface area contributed by atoms with Gasteiger partial charge in [-0.05, 0) is 24.0 Å². The van der Waals surface area contributed by atoms with Crippen LogP contribution in [-0.2, 0) is 0 Å². The lowest BCUT2D eigenvalue weighted by molar-refractivity contribution is 0.726. The van der Waals surface area contributed by atoms with Gasteiger partial charge in [-0.1, -0.05) is 43.9 Å². The van der Waals surface area contributed by atoms with Gasteiger partial charge < -0.3 is 0 Å². The van der Waals surface area contributed by atoms with Crippen molar-refractivity contribution in [3.05, 3.63) is 35.4 Å². The van der Waals surface area contributed by atoms with Crippen molar-refractivity contribution in [1.29, 1.82) is 0 Å². The quantitative estimate of drug-likeness (QED) is 0.580. The lowest BCUT2D eigenvalue weighted by Crippen LogP contribution is -2.01. The van der Waals surface area contributed by atoms with Crippen molar-refractivity contribution in [1.82, 2.24) is 0 Å². The van der Waals surface area contributed by atoms with Crippen LogP contribution in [0.15, 0.2) is 24.3 Å². The van der Waals surface area contributed by atoms with E-state index in [4.69, 9.17) is 7.85 Å². The molecule has 0 aromatic heterocycles. The summed E-state index contributed by atoms with van der Waals surface area (Å²) in [6, 6.07) is 8.42. The maximum Gasteiger partial charge on any atom is 0.0703 e. The summed E-state index contributed by atoms with van der Waals surface area (Å²) in [5.41, 5.74) is 2.70. The van der Waals surface area contributed by atoms with Crippen LogP contribution >= 0.6 is 0 Å². The van der Waals surface area contributed by atoms with E-state index in [0.717, 1.165) is 0 Å². The molecule has 2 radical (unpaired) electrons. The Morgan fingerprint density at radius 3 is 2.25 bits per heavy atom. The third-order valence-electron chi connectivity index (χ3n) is 2.47. The molecule has 2 unspecified atom stereocenters. The van der Waals surface area contributed by atoms with E-state index < -0.39 is 0 Å². The molecule has 1 heteroatoms. The van der Waals surface area contributed by atoms with Crippen LogP contribution in [0.25, 0.3) is 0 Å². The Labute approximate surface area is 76.4 Å². The molecule has 0 spiro atoms. The Hall–Kier alpha value is -0.715. The Morgan fingerprint density at radius 2 is 1.75 bits per heavy atom. The lowest BCUT2D eigenvalue weighted by Gasteiger charge is -2.18. The highest BCUT2D eigenvalue weighted by Crippen LogP contribution is 2.27. The predicted molar refractivity (Wildman–Crippen MR) is 54.8 cm³/mol. The second kappa shape index (κ2) is 3.80. The zero-order valence-electron chi connectivity index (χ0n) is 8.04. The average molecular weight is 158 g/mol. The van der Waals surface area contributed by atoms with Crippen LogP contribution in [0, 0.1) is 6.92 Å². The largest absolute Gasteiger partial charge is 0.0737 e. The van der Waals surface area contributed by atoms with Crippen LogP contribution in [0.2, 0.25) is 5.82 Å². The van der Waals surface area contributed by atoms with E-state index >= 15 is 0 Å². The van der Waals surface area contributed by atoms with E-state index in [1.165, 1.54) is 11.1 Å². The van der Waals surface area contributed by atoms with E-state index in [1.807, 2.05) is 0 Å². The van der Waals surface area contributed by atoms with Crippen molar-refractivity contribution >= 4 is 7.85 Å². The Balaban J connectivity index is 2.94. The first-order chi connectivity index (χ1) is 5.63. The Morgan fingerprint density at radius 1 is 1.17 bits per heavy atom. The van der Waals surface area contributed by atoms with E-state index in [2.05, 4.69) is 45.0 Å². The van der Waals surface area contributed by atoms with Gasteiger partial charge in [-0.3, -0.25) is 0 Å². The summed E-state index contributed by atoms with van der Waals surface area (Å²) >= 11 is 0. The fourth-order valence-electron chi connectivity index (χ4n) is 1.38. The van der Waals surface area contributed by atoms with Crippen LogP contribution < -0.4 is 0 Å². The molecule has 2 atom stereocenters. The number of rotatable bonds is 2. The first-order valence-corrected chi connectivity index (χ1v) is 4.44. The number of hydrogen-bond donors (Lipinski definition) is 0. The van der Waals surface area contributed by atoms with Crippen molar-refractivity contribution in [2.24, 2.45) is 0 Å². The highest BCUT2D eigenvalue weighted by Gasteiger charge is 2.10. The van der Waals surface area contributed by atoms with E-state index in [-0.39, 0.29) is 5.82 Å². The van der Waals surface area contributed by atoms with E-state index in [0.29, 0.717) is 5.92 Å². The van der Waals surface area contributed by atoms with E-state index in [9.17, 15) is 0 Å². The topological polar surface area (TPSA) is 0 Å². The molecule has 0 fully saturated rings. The molecule has 0 amide bonds. The molecule has 0 saturated carbocycles. The second-order valence-corrected chi connectivity index (χ2v) is 3.50. The SMILES string of the molecule is [B]C(C)C(C)c1ccccc1C. The molecule has 0 bridgehead atoms. The van der Waals surface area contributed by atoms with Crippen LogP contribution in [0.5, 0.6) is 0 Å². The van der Waals surface area contributed by atoms with Gasteiger partial charge in [0.05, 0.1) is 7.85 Å². The van der Waals surface area contributed by atoms with Crippen LogP contribution in [0.4, 0.5) is 0 Å². The normalized spacial score (nSPS) is 15.6. The zero-order chi connectivity index (χ0) is 9.14. The monoisotopic (exact) mass is 158 g/mol. The summed E-state index contributed by atoms with van der Waals surface area (Å²) in [6.45, 7) is 6.36. The molecule has 1 aromatic carbocycles. The summed E-state index contributed by atoms with van der Waals surface area (Å²) in [5, 5.41) is 0. The maximum atomic E-state index is 5.84. The highest BCUT2D eigenvalue weighted by atomic mass is 14.1. The minimum absolute atomic E-state index is 0.228. The van der Waals surface area contributed by atoms with Crippen molar-refractivity contribution in [3.63, 3.8) is 0 Å². The molecular formula is C11H15B. The molecule has 1 rings (SSSR count). The third kappa shape index (κ3) is 1.91. The Bertz CT molecular complexity index is 253. The molecule has 0 aliphatic rings. The number of aryl methyl sites for hydroxylation is 1. The minimum Gasteiger partial charge on any atom is -0.0737 e. The van der Waals surface area contributed by atoms with Gasteiger partial charge in [-0.2, -0.15) is 0 Å². The molecule has 12 heavy (non-hydrogen) atoms. The van der Waals surface area contributed by atoms with Gasteiger partial charge in [-0.25, -0.2) is 0 Å². The van der Waals surface area contributed by atoms with Crippen LogP contribution in [0.1, 0.15) is 30.9 Å². The molecule has 62 valence electrons. The molecule has 0 aliphatic carbocycles. The van der Waals surface area contributed by atoms with E-state index in [1.54, 1.807) is 0 Å². The molecular weight excluding hydrogens is 143 g/mol. The first-order valence-electron chi connectivity index (χ1n) is 4.44. The molecule has 1 aromatic rings. The van der Waals surface area contributed by atoms with Crippen molar-refractivity contribution < 1.29 is 0 Å².